The molecule has 3 heteroatoms. The topological polar surface area (TPSA) is 49.3 Å². The monoisotopic (exact) mass is 255 g/mol. The van der Waals surface area contributed by atoms with E-state index in [9.17, 15) is 9.90 Å². The Morgan fingerprint density at radius 2 is 1.53 bits per heavy atom. The van der Waals surface area contributed by atoms with Crippen molar-refractivity contribution in [2.24, 2.45) is 0 Å². The molecule has 0 aliphatic heterocycles. The van der Waals surface area contributed by atoms with Gasteiger partial charge in [-0.1, -0.05) is 48.5 Å². The lowest BCUT2D eigenvalue weighted by Gasteiger charge is -2.22. The van der Waals surface area contributed by atoms with Gasteiger partial charge in [0.15, 0.2) is 0 Å². The lowest BCUT2D eigenvalue weighted by Crippen LogP contribution is -2.34. The number of aliphatic hydroxyl groups is 1. The first-order valence-electron chi connectivity index (χ1n) is 6.27. The van der Waals surface area contributed by atoms with Crippen molar-refractivity contribution >= 4 is 5.91 Å². The van der Waals surface area contributed by atoms with Crippen molar-refractivity contribution < 1.29 is 9.90 Å². The molecule has 2 atom stereocenters. The van der Waals surface area contributed by atoms with Crippen molar-refractivity contribution in [2.75, 3.05) is 0 Å². The highest BCUT2D eigenvalue weighted by molar-refractivity contribution is 5.94. The highest BCUT2D eigenvalue weighted by Gasteiger charge is 2.19. The number of benzene rings is 2. The van der Waals surface area contributed by atoms with Crippen LogP contribution in [0.15, 0.2) is 60.7 Å². The molecule has 0 aliphatic carbocycles. The fourth-order valence-corrected chi connectivity index (χ4v) is 1.96. The van der Waals surface area contributed by atoms with E-state index < -0.39 is 12.1 Å². The number of carbonyl (C=O) groups excluding carboxylic acids is 1. The molecule has 0 fully saturated rings. The number of hydrogen-bond acceptors (Lipinski definition) is 2. The van der Waals surface area contributed by atoms with Gasteiger partial charge in [-0.15, -0.1) is 0 Å². The molecule has 0 aromatic heterocycles. The van der Waals surface area contributed by atoms with Crippen LogP contribution in [0.4, 0.5) is 0 Å². The van der Waals surface area contributed by atoms with Gasteiger partial charge in [0.25, 0.3) is 5.91 Å². The molecule has 98 valence electrons. The van der Waals surface area contributed by atoms with Crippen molar-refractivity contribution in [1.29, 1.82) is 0 Å². The van der Waals surface area contributed by atoms with Crippen LogP contribution in [0.5, 0.6) is 0 Å². The summed E-state index contributed by atoms with van der Waals surface area (Å²) in [6.45, 7) is 1.67. The largest absolute Gasteiger partial charge is 0.391 e. The van der Waals surface area contributed by atoms with Crippen LogP contribution in [0, 0.1) is 0 Å². The summed E-state index contributed by atoms with van der Waals surface area (Å²) in [5.74, 6) is -0.185. The molecule has 3 nitrogen and oxygen atoms in total. The number of aliphatic hydroxyl groups excluding tert-OH is 1. The summed E-state index contributed by atoms with van der Waals surface area (Å²) in [6.07, 6.45) is -0.657. The summed E-state index contributed by atoms with van der Waals surface area (Å²) in [4.78, 5) is 12.1. The minimum atomic E-state index is -0.657. The lowest BCUT2D eigenvalue weighted by atomic mass is 10.0. The van der Waals surface area contributed by atoms with Gasteiger partial charge in [0.1, 0.15) is 0 Å². The second kappa shape index (κ2) is 6.16. The Balaban J connectivity index is 2.17. The molecule has 0 bridgehead atoms. The van der Waals surface area contributed by atoms with Gasteiger partial charge in [-0.25, -0.2) is 0 Å². The van der Waals surface area contributed by atoms with Gasteiger partial charge in [-0.05, 0) is 24.6 Å². The quantitative estimate of drug-likeness (QED) is 0.882. The van der Waals surface area contributed by atoms with Crippen molar-refractivity contribution in [3.05, 3.63) is 71.8 Å². The minimum Gasteiger partial charge on any atom is -0.391 e. The van der Waals surface area contributed by atoms with E-state index in [2.05, 4.69) is 5.32 Å². The zero-order valence-corrected chi connectivity index (χ0v) is 10.8. The van der Waals surface area contributed by atoms with Crippen molar-refractivity contribution in [3.63, 3.8) is 0 Å². The standard InChI is InChI=1S/C16H17NO2/c1-12(18)15(13-8-4-2-5-9-13)17-16(19)14-10-6-3-7-11-14/h2-12,15,18H,1H3,(H,17,19). The minimum absolute atomic E-state index is 0.185. The van der Waals surface area contributed by atoms with Crippen molar-refractivity contribution in [1.82, 2.24) is 5.32 Å². The molecule has 2 rings (SSSR count). The van der Waals surface area contributed by atoms with E-state index in [0.717, 1.165) is 5.56 Å². The molecular weight excluding hydrogens is 238 g/mol. The first-order chi connectivity index (χ1) is 9.18. The number of amides is 1. The predicted molar refractivity (Wildman–Crippen MR) is 74.8 cm³/mol. The number of hydrogen-bond donors (Lipinski definition) is 2. The Labute approximate surface area is 112 Å². The molecular formula is C16H17NO2. The fraction of sp³-hybridized carbons (Fsp3) is 0.188. The van der Waals surface area contributed by atoms with E-state index in [1.54, 1.807) is 19.1 Å². The smallest absolute Gasteiger partial charge is 0.251 e. The van der Waals surface area contributed by atoms with Crippen molar-refractivity contribution in [2.45, 2.75) is 19.1 Å². The molecule has 19 heavy (non-hydrogen) atoms. The Kier molecular flexibility index (Phi) is 4.31. The molecule has 2 aromatic carbocycles. The Bertz CT molecular complexity index is 523. The van der Waals surface area contributed by atoms with E-state index in [1.807, 2.05) is 48.5 Å². The highest BCUT2D eigenvalue weighted by Crippen LogP contribution is 2.17. The van der Waals surface area contributed by atoms with Crippen LogP contribution >= 0.6 is 0 Å². The summed E-state index contributed by atoms with van der Waals surface area (Å²) < 4.78 is 0. The summed E-state index contributed by atoms with van der Waals surface area (Å²) in [5, 5.41) is 12.7. The molecule has 2 unspecified atom stereocenters. The van der Waals surface area contributed by atoms with Crippen molar-refractivity contribution in [3.8, 4) is 0 Å². The maximum Gasteiger partial charge on any atom is 0.251 e. The number of carbonyl (C=O) groups is 1. The van der Waals surface area contributed by atoms with Gasteiger partial charge in [-0.3, -0.25) is 4.79 Å². The zero-order chi connectivity index (χ0) is 13.7. The van der Waals surface area contributed by atoms with E-state index >= 15 is 0 Å². The van der Waals surface area contributed by atoms with E-state index in [-0.39, 0.29) is 5.91 Å². The molecule has 2 N–H and O–H groups in total. The van der Waals surface area contributed by atoms with E-state index in [0.29, 0.717) is 5.56 Å². The van der Waals surface area contributed by atoms with Crippen LogP contribution in [0.1, 0.15) is 28.9 Å². The van der Waals surface area contributed by atoms with Gasteiger partial charge in [0, 0.05) is 5.56 Å². The van der Waals surface area contributed by atoms with Crippen LogP contribution < -0.4 is 5.32 Å². The predicted octanol–water partition coefficient (Wildman–Crippen LogP) is 2.54. The molecule has 0 saturated heterocycles. The van der Waals surface area contributed by atoms with Gasteiger partial charge in [0.05, 0.1) is 12.1 Å². The molecule has 0 radical (unpaired) electrons. The average Bonchev–Trinajstić information content (AvgIpc) is 2.46. The van der Waals surface area contributed by atoms with Crippen LogP contribution in [0.2, 0.25) is 0 Å². The molecule has 2 aromatic rings. The molecule has 0 aliphatic rings. The summed E-state index contributed by atoms with van der Waals surface area (Å²) in [5.41, 5.74) is 1.48. The lowest BCUT2D eigenvalue weighted by molar-refractivity contribution is 0.0858. The molecule has 0 spiro atoms. The maximum absolute atomic E-state index is 12.1. The number of rotatable bonds is 4. The Morgan fingerprint density at radius 1 is 1.00 bits per heavy atom. The van der Waals surface area contributed by atoms with Crippen LogP contribution in [0.3, 0.4) is 0 Å². The SMILES string of the molecule is CC(O)C(NC(=O)c1ccccc1)c1ccccc1. The third kappa shape index (κ3) is 3.42. The second-order valence-corrected chi connectivity index (χ2v) is 4.47. The van der Waals surface area contributed by atoms with Crippen LogP contribution in [0.25, 0.3) is 0 Å². The van der Waals surface area contributed by atoms with E-state index in [1.165, 1.54) is 0 Å². The summed E-state index contributed by atoms with van der Waals surface area (Å²) in [7, 11) is 0. The second-order valence-electron chi connectivity index (χ2n) is 4.47. The Morgan fingerprint density at radius 3 is 2.05 bits per heavy atom. The third-order valence-corrected chi connectivity index (χ3v) is 2.96. The normalized spacial score (nSPS) is 13.6. The average molecular weight is 255 g/mol. The van der Waals surface area contributed by atoms with Gasteiger partial charge in [-0.2, -0.15) is 0 Å². The first-order valence-corrected chi connectivity index (χ1v) is 6.27. The summed E-state index contributed by atoms with van der Waals surface area (Å²) >= 11 is 0. The number of nitrogens with one attached hydrogen (secondary N) is 1. The van der Waals surface area contributed by atoms with Gasteiger partial charge in [0.2, 0.25) is 0 Å². The Hall–Kier alpha value is -2.13. The fourth-order valence-electron chi connectivity index (χ4n) is 1.96. The van der Waals surface area contributed by atoms with Gasteiger partial charge < -0.3 is 10.4 Å². The summed E-state index contributed by atoms with van der Waals surface area (Å²) in [6, 6.07) is 18.0. The molecule has 1 amide bonds. The maximum atomic E-state index is 12.1. The first kappa shape index (κ1) is 13.3. The third-order valence-electron chi connectivity index (χ3n) is 2.96. The van der Waals surface area contributed by atoms with Crippen LogP contribution in [-0.2, 0) is 0 Å². The highest BCUT2D eigenvalue weighted by atomic mass is 16.3. The molecule has 0 heterocycles. The van der Waals surface area contributed by atoms with E-state index in [4.69, 9.17) is 0 Å². The zero-order valence-electron chi connectivity index (χ0n) is 10.8. The van der Waals surface area contributed by atoms with Gasteiger partial charge >= 0.3 is 0 Å². The molecule has 0 saturated carbocycles. The van der Waals surface area contributed by atoms with Crippen LogP contribution in [-0.4, -0.2) is 17.1 Å².